The molecule has 5 nitrogen and oxygen atoms in total. The third-order valence-electron chi connectivity index (χ3n) is 2.29. The Morgan fingerprint density at radius 1 is 1.73 bits per heavy atom. The zero-order valence-electron chi connectivity index (χ0n) is 9.33. The smallest absolute Gasteiger partial charge is 0.222 e. The average Bonchev–Trinajstić information content (AvgIpc) is 2.61. The monoisotopic (exact) mass is 211 g/mol. The van der Waals surface area contributed by atoms with Gasteiger partial charge in [0, 0.05) is 24.9 Å². The van der Waals surface area contributed by atoms with Gasteiger partial charge in [0.1, 0.15) is 0 Å². The Morgan fingerprint density at radius 2 is 2.47 bits per heavy atom. The van der Waals surface area contributed by atoms with Crippen LogP contribution in [0.4, 0.5) is 0 Å². The Hall–Kier alpha value is -1.36. The predicted molar refractivity (Wildman–Crippen MR) is 56.3 cm³/mol. The summed E-state index contributed by atoms with van der Waals surface area (Å²) < 4.78 is 5.00. The number of rotatable bonds is 5. The van der Waals surface area contributed by atoms with Crippen molar-refractivity contribution in [2.75, 3.05) is 7.11 Å². The molecule has 0 radical (unpaired) electrons. The molecule has 0 aliphatic heterocycles. The molecule has 84 valence electrons. The van der Waals surface area contributed by atoms with Crippen LogP contribution in [0, 0.1) is 6.92 Å². The van der Waals surface area contributed by atoms with Gasteiger partial charge in [-0.1, -0.05) is 0 Å². The molecule has 1 aromatic heterocycles. The van der Waals surface area contributed by atoms with Crippen LogP contribution in [-0.4, -0.2) is 29.3 Å². The van der Waals surface area contributed by atoms with E-state index in [-0.39, 0.29) is 12.0 Å². The van der Waals surface area contributed by atoms with E-state index < -0.39 is 0 Å². The Labute approximate surface area is 89.2 Å². The SMILES string of the molecule is COC(C)CC(=O)NCc1cn[nH]c1C. The van der Waals surface area contributed by atoms with Gasteiger partial charge < -0.3 is 10.1 Å². The summed E-state index contributed by atoms with van der Waals surface area (Å²) in [4.78, 5) is 11.4. The normalized spacial score (nSPS) is 12.5. The highest BCUT2D eigenvalue weighted by molar-refractivity contribution is 5.76. The molecule has 1 unspecified atom stereocenters. The lowest BCUT2D eigenvalue weighted by atomic mass is 10.2. The lowest BCUT2D eigenvalue weighted by Crippen LogP contribution is -2.26. The zero-order valence-corrected chi connectivity index (χ0v) is 9.33. The van der Waals surface area contributed by atoms with E-state index >= 15 is 0 Å². The zero-order chi connectivity index (χ0) is 11.3. The van der Waals surface area contributed by atoms with Crippen molar-refractivity contribution in [1.82, 2.24) is 15.5 Å². The van der Waals surface area contributed by atoms with Crippen molar-refractivity contribution < 1.29 is 9.53 Å². The Balaban J connectivity index is 2.31. The third kappa shape index (κ3) is 3.71. The molecule has 0 aliphatic rings. The van der Waals surface area contributed by atoms with E-state index in [4.69, 9.17) is 4.74 Å². The van der Waals surface area contributed by atoms with Crippen LogP contribution < -0.4 is 5.32 Å². The molecule has 1 rings (SSSR count). The molecule has 1 atom stereocenters. The minimum Gasteiger partial charge on any atom is -0.381 e. The fourth-order valence-corrected chi connectivity index (χ4v) is 1.16. The fraction of sp³-hybridized carbons (Fsp3) is 0.600. The second-order valence-electron chi connectivity index (χ2n) is 3.55. The van der Waals surface area contributed by atoms with Crippen molar-refractivity contribution in [2.45, 2.75) is 32.9 Å². The van der Waals surface area contributed by atoms with Crippen molar-refractivity contribution in [1.29, 1.82) is 0 Å². The second kappa shape index (κ2) is 5.50. The van der Waals surface area contributed by atoms with E-state index in [1.165, 1.54) is 0 Å². The summed E-state index contributed by atoms with van der Waals surface area (Å²) in [6, 6.07) is 0. The molecule has 0 fully saturated rings. The highest BCUT2D eigenvalue weighted by Gasteiger charge is 2.08. The topological polar surface area (TPSA) is 67.0 Å². The molecule has 15 heavy (non-hydrogen) atoms. The number of aromatic amines is 1. The van der Waals surface area contributed by atoms with Crippen LogP contribution in [0.3, 0.4) is 0 Å². The fourth-order valence-electron chi connectivity index (χ4n) is 1.16. The molecule has 0 aromatic carbocycles. The average molecular weight is 211 g/mol. The Morgan fingerprint density at radius 3 is 3.00 bits per heavy atom. The molecule has 0 saturated carbocycles. The predicted octanol–water partition coefficient (Wildman–Crippen LogP) is 0.759. The summed E-state index contributed by atoms with van der Waals surface area (Å²) in [5.74, 6) is -0.00931. The van der Waals surface area contributed by atoms with Crippen molar-refractivity contribution in [3.05, 3.63) is 17.5 Å². The highest BCUT2D eigenvalue weighted by atomic mass is 16.5. The van der Waals surface area contributed by atoms with Crippen molar-refractivity contribution in [3.8, 4) is 0 Å². The number of amides is 1. The van der Waals surface area contributed by atoms with Crippen LogP contribution in [0.15, 0.2) is 6.20 Å². The maximum Gasteiger partial charge on any atom is 0.222 e. The first kappa shape index (κ1) is 11.7. The van der Waals surface area contributed by atoms with Gasteiger partial charge in [-0.3, -0.25) is 9.89 Å². The quantitative estimate of drug-likeness (QED) is 0.755. The lowest BCUT2D eigenvalue weighted by Gasteiger charge is -2.09. The largest absolute Gasteiger partial charge is 0.381 e. The van der Waals surface area contributed by atoms with Gasteiger partial charge >= 0.3 is 0 Å². The minimum atomic E-state index is -0.0459. The Kier molecular flexibility index (Phi) is 4.30. The second-order valence-corrected chi connectivity index (χ2v) is 3.55. The number of aromatic nitrogens is 2. The molecule has 5 heteroatoms. The molecule has 0 spiro atoms. The van der Waals surface area contributed by atoms with Crippen molar-refractivity contribution in [3.63, 3.8) is 0 Å². The maximum absolute atomic E-state index is 11.4. The summed E-state index contributed by atoms with van der Waals surface area (Å²) in [5, 5.41) is 9.51. The summed E-state index contributed by atoms with van der Waals surface area (Å²) in [5.41, 5.74) is 1.99. The Bertz CT molecular complexity index is 322. The van der Waals surface area contributed by atoms with E-state index in [2.05, 4.69) is 15.5 Å². The van der Waals surface area contributed by atoms with Gasteiger partial charge in [-0.25, -0.2) is 0 Å². The van der Waals surface area contributed by atoms with Crippen LogP contribution in [0.2, 0.25) is 0 Å². The third-order valence-corrected chi connectivity index (χ3v) is 2.29. The van der Waals surface area contributed by atoms with E-state index in [1.54, 1.807) is 13.3 Å². The van der Waals surface area contributed by atoms with Gasteiger partial charge in [0.2, 0.25) is 5.91 Å². The van der Waals surface area contributed by atoms with Crippen molar-refractivity contribution in [2.24, 2.45) is 0 Å². The molecular formula is C10H17N3O2. The minimum absolute atomic E-state index is 0.00931. The summed E-state index contributed by atoms with van der Waals surface area (Å²) >= 11 is 0. The van der Waals surface area contributed by atoms with Gasteiger partial charge in [-0.15, -0.1) is 0 Å². The molecule has 0 bridgehead atoms. The number of carbonyl (C=O) groups excluding carboxylic acids is 1. The number of nitrogens with one attached hydrogen (secondary N) is 2. The molecule has 0 saturated heterocycles. The van der Waals surface area contributed by atoms with Crippen LogP contribution in [0.5, 0.6) is 0 Å². The number of carbonyl (C=O) groups is 1. The van der Waals surface area contributed by atoms with E-state index in [0.717, 1.165) is 11.3 Å². The molecule has 2 N–H and O–H groups in total. The molecule has 1 aromatic rings. The summed E-state index contributed by atoms with van der Waals surface area (Å²) in [6.45, 7) is 4.30. The van der Waals surface area contributed by atoms with Crippen molar-refractivity contribution >= 4 is 5.91 Å². The first-order valence-electron chi connectivity index (χ1n) is 4.91. The number of aryl methyl sites for hydroxylation is 1. The van der Waals surface area contributed by atoms with Crippen LogP contribution in [0.1, 0.15) is 24.6 Å². The molecule has 0 aliphatic carbocycles. The first-order valence-corrected chi connectivity index (χ1v) is 4.91. The molecule has 1 amide bonds. The summed E-state index contributed by atoms with van der Waals surface area (Å²) in [7, 11) is 1.60. The van der Waals surface area contributed by atoms with E-state index in [1.807, 2.05) is 13.8 Å². The number of hydrogen-bond donors (Lipinski definition) is 2. The van der Waals surface area contributed by atoms with E-state index in [0.29, 0.717) is 13.0 Å². The standard InChI is InChI=1S/C10H17N3O2/c1-7(15-3)4-10(14)11-5-9-6-12-13-8(9)2/h6-7H,4-5H2,1-3H3,(H,11,14)(H,12,13). The van der Waals surface area contributed by atoms with Gasteiger partial charge in [0.05, 0.1) is 18.7 Å². The summed E-state index contributed by atoms with van der Waals surface area (Å²) in [6.07, 6.45) is 2.05. The molecular weight excluding hydrogens is 194 g/mol. The number of nitrogens with zero attached hydrogens (tertiary/aromatic N) is 1. The van der Waals surface area contributed by atoms with Gasteiger partial charge in [-0.2, -0.15) is 5.10 Å². The number of methoxy groups -OCH3 is 1. The maximum atomic E-state index is 11.4. The highest BCUT2D eigenvalue weighted by Crippen LogP contribution is 2.02. The number of H-pyrrole nitrogens is 1. The van der Waals surface area contributed by atoms with Gasteiger partial charge in [0.15, 0.2) is 0 Å². The lowest BCUT2D eigenvalue weighted by molar-refractivity contribution is -0.123. The van der Waals surface area contributed by atoms with Gasteiger partial charge in [-0.05, 0) is 13.8 Å². The van der Waals surface area contributed by atoms with Crippen LogP contribution in [0.25, 0.3) is 0 Å². The first-order chi connectivity index (χ1) is 7.13. The van der Waals surface area contributed by atoms with E-state index in [9.17, 15) is 4.79 Å². The molecule has 1 heterocycles. The van der Waals surface area contributed by atoms with Crippen LogP contribution >= 0.6 is 0 Å². The number of hydrogen-bond acceptors (Lipinski definition) is 3. The van der Waals surface area contributed by atoms with Gasteiger partial charge in [0.25, 0.3) is 0 Å². The number of ether oxygens (including phenoxy) is 1. The van der Waals surface area contributed by atoms with Crippen LogP contribution in [-0.2, 0) is 16.1 Å².